The van der Waals surface area contributed by atoms with Crippen LogP contribution in [0.3, 0.4) is 0 Å². The molecule has 54 heavy (non-hydrogen) atoms. The summed E-state index contributed by atoms with van der Waals surface area (Å²) in [6, 6.07) is 7.94. The number of esters is 1. The van der Waals surface area contributed by atoms with Gasteiger partial charge in [-0.25, -0.2) is 35.7 Å². The van der Waals surface area contributed by atoms with Gasteiger partial charge in [0.15, 0.2) is 0 Å². The van der Waals surface area contributed by atoms with Crippen LogP contribution in [-0.2, 0) is 37.8 Å². The van der Waals surface area contributed by atoms with E-state index in [2.05, 4.69) is 10.6 Å². The molecule has 0 bridgehead atoms. The smallest absolute Gasteiger partial charge is 0.335 e. The number of hydrogen-bond acceptors (Lipinski definition) is 8. The molecule has 288 valence electrons. The van der Waals surface area contributed by atoms with Crippen LogP contribution in [0.15, 0.2) is 69.1 Å². The van der Waals surface area contributed by atoms with Crippen LogP contribution < -0.4 is 26.6 Å². The first-order valence-corrected chi connectivity index (χ1v) is 18.0. The fourth-order valence-corrected chi connectivity index (χ4v) is 6.09. The molecule has 0 unspecified atom stereocenters. The standard InChI is InChI=1S/C37H40F3N5O8S/c1-19(2)53-34(48)31(15-22-9-11-23(12-10-22)45-33(47)20(3)21(4)44(8)36(45)50)41-32(46)25-17-28(40)30(18-26(25)38)43-54(51,52)24-13-14-29(27(39)16-24)42-35(49)37(5,6)7/h9-14,16-19,31,43H,15H2,1-8H3,(H,41,46)(H,42,49)/t31-/m0/s1. The van der Waals surface area contributed by atoms with Gasteiger partial charge in [0.2, 0.25) is 5.91 Å². The van der Waals surface area contributed by atoms with E-state index in [-0.39, 0.29) is 17.8 Å². The average molecular weight is 772 g/mol. The van der Waals surface area contributed by atoms with Gasteiger partial charge in [-0.2, -0.15) is 0 Å². The monoisotopic (exact) mass is 771 g/mol. The molecule has 13 nitrogen and oxygen atoms in total. The zero-order valence-corrected chi connectivity index (χ0v) is 31.6. The van der Waals surface area contributed by atoms with Crippen LogP contribution in [0, 0.1) is 36.7 Å². The molecule has 1 heterocycles. The van der Waals surface area contributed by atoms with E-state index in [0.717, 1.165) is 16.7 Å². The number of carbonyl (C=O) groups excluding carboxylic acids is 3. The Morgan fingerprint density at radius 1 is 0.870 bits per heavy atom. The number of hydrogen-bond donors (Lipinski definition) is 3. The van der Waals surface area contributed by atoms with Crippen molar-refractivity contribution in [3.8, 4) is 5.69 Å². The lowest BCUT2D eigenvalue weighted by atomic mass is 9.95. The lowest BCUT2D eigenvalue weighted by Gasteiger charge is -2.20. The van der Waals surface area contributed by atoms with E-state index in [1.165, 1.54) is 35.9 Å². The Morgan fingerprint density at radius 3 is 2.06 bits per heavy atom. The Balaban J connectivity index is 1.56. The van der Waals surface area contributed by atoms with Crippen LogP contribution in [0.4, 0.5) is 24.5 Å². The molecule has 4 rings (SSSR count). The maximum absolute atomic E-state index is 15.3. The maximum atomic E-state index is 15.3. The minimum atomic E-state index is -4.70. The lowest BCUT2D eigenvalue weighted by molar-refractivity contribution is -0.149. The highest BCUT2D eigenvalue weighted by Gasteiger charge is 2.28. The van der Waals surface area contributed by atoms with E-state index in [9.17, 15) is 36.8 Å². The molecule has 0 saturated carbocycles. The van der Waals surface area contributed by atoms with Crippen molar-refractivity contribution in [1.29, 1.82) is 0 Å². The van der Waals surface area contributed by atoms with Crippen molar-refractivity contribution in [2.75, 3.05) is 10.0 Å². The predicted molar refractivity (Wildman–Crippen MR) is 195 cm³/mol. The third kappa shape index (κ3) is 9.07. The topological polar surface area (TPSA) is 175 Å². The van der Waals surface area contributed by atoms with Gasteiger partial charge in [-0.1, -0.05) is 32.9 Å². The second-order valence-corrected chi connectivity index (χ2v) is 15.5. The van der Waals surface area contributed by atoms with Crippen LogP contribution in [-0.4, -0.2) is 47.5 Å². The summed E-state index contributed by atoms with van der Waals surface area (Å²) in [5.74, 6) is -6.50. The summed E-state index contributed by atoms with van der Waals surface area (Å²) in [5.41, 5.74) is -2.44. The Morgan fingerprint density at radius 2 is 1.48 bits per heavy atom. The van der Waals surface area contributed by atoms with Gasteiger partial charge in [-0.3, -0.25) is 19.1 Å². The molecule has 17 heteroatoms. The second kappa shape index (κ2) is 15.7. The van der Waals surface area contributed by atoms with E-state index in [0.29, 0.717) is 35.0 Å². The highest BCUT2D eigenvalue weighted by molar-refractivity contribution is 7.92. The number of aromatic nitrogens is 2. The first kappa shape index (κ1) is 41.1. The third-order valence-electron chi connectivity index (χ3n) is 8.35. The van der Waals surface area contributed by atoms with Crippen LogP contribution >= 0.6 is 0 Å². The van der Waals surface area contributed by atoms with Gasteiger partial charge >= 0.3 is 11.7 Å². The molecule has 3 aromatic carbocycles. The number of rotatable bonds is 11. The van der Waals surface area contributed by atoms with Crippen LogP contribution in [0.5, 0.6) is 0 Å². The number of nitrogens with zero attached hydrogens (tertiary/aromatic N) is 2. The van der Waals surface area contributed by atoms with E-state index < -0.39 is 90.2 Å². The molecule has 3 N–H and O–H groups in total. The summed E-state index contributed by atoms with van der Waals surface area (Å²) in [5, 5.41) is 4.67. The molecule has 0 spiro atoms. The Hall–Kier alpha value is -5.71. The minimum absolute atomic E-state index is 0.200. The van der Waals surface area contributed by atoms with Crippen molar-refractivity contribution in [2.24, 2.45) is 12.5 Å². The van der Waals surface area contributed by atoms with E-state index >= 15 is 8.78 Å². The molecule has 1 atom stereocenters. The SMILES string of the molecule is Cc1c(C)n(C)c(=O)n(-c2ccc(C[C@H](NC(=O)c3cc(F)c(NS(=O)(=O)c4ccc(NC(=O)C(C)(C)C)c(F)c4)cc3F)C(=O)OC(C)C)cc2)c1=O. The Labute approximate surface area is 309 Å². The van der Waals surface area contributed by atoms with Crippen molar-refractivity contribution in [1.82, 2.24) is 14.5 Å². The number of nitrogens with one attached hydrogen (secondary N) is 3. The minimum Gasteiger partial charge on any atom is -0.461 e. The molecule has 4 aromatic rings. The molecule has 2 amide bonds. The third-order valence-corrected chi connectivity index (χ3v) is 9.71. The maximum Gasteiger partial charge on any atom is 0.335 e. The highest BCUT2D eigenvalue weighted by Crippen LogP contribution is 2.26. The van der Waals surface area contributed by atoms with E-state index in [1.54, 1.807) is 48.5 Å². The average Bonchev–Trinajstić information content (AvgIpc) is 3.08. The number of carbonyl (C=O) groups is 3. The van der Waals surface area contributed by atoms with Crippen molar-refractivity contribution in [3.63, 3.8) is 0 Å². The Bertz CT molecular complexity index is 2330. The quantitative estimate of drug-likeness (QED) is 0.185. The van der Waals surface area contributed by atoms with E-state index in [1.807, 2.05) is 4.72 Å². The number of ether oxygens (including phenoxy) is 1. The number of sulfonamides is 1. The summed E-state index contributed by atoms with van der Waals surface area (Å²) in [7, 11) is -3.17. The molecule has 0 radical (unpaired) electrons. The number of halogens is 3. The van der Waals surface area contributed by atoms with Gasteiger partial charge in [0.05, 0.1) is 33.6 Å². The summed E-state index contributed by atoms with van der Waals surface area (Å²) in [6.07, 6.45) is -0.810. The molecular weight excluding hydrogens is 731 g/mol. The molecule has 0 saturated heterocycles. The van der Waals surface area contributed by atoms with Crippen LogP contribution in [0.25, 0.3) is 5.69 Å². The molecular formula is C37H40F3N5O8S. The first-order valence-electron chi connectivity index (χ1n) is 16.5. The fraction of sp³-hybridized carbons (Fsp3) is 0.324. The van der Waals surface area contributed by atoms with Gasteiger partial charge in [0.25, 0.3) is 21.5 Å². The zero-order chi connectivity index (χ0) is 40.4. The fourth-order valence-electron chi connectivity index (χ4n) is 5.02. The second-order valence-electron chi connectivity index (χ2n) is 13.8. The lowest BCUT2D eigenvalue weighted by Crippen LogP contribution is -2.44. The van der Waals surface area contributed by atoms with Gasteiger partial charge in [-0.05, 0) is 69.7 Å². The summed E-state index contributed by atoms with van der Waals surface area (Å²) in [6.45, 7) is 11.2. The number of anilines is 2. The summed E-state index contributed by atoms with van der Waals surface area (Å²) >= 11 is 0. The van der Waals surface area contributed by atoms with Gasteiger partial charge in [0.1, 0.15) is 23.5 Å². The van der Waals surface area contributed by atoms with Crippen molar-refractivity contribution < 1.29 is 40.7 Å². The van der Waals surface area contributed by atoms with Crippen molar-refractivity contribution in [2.45, 2.75) is 71.9 Å². The highest BCUT2D eigenvalue weighted by atomic mass is 32.2. The predicted octanol–water partition coefficient (Wildman–Crippen LogP) is 4.65. The van der Waals surface area contributed by atoms with Crippen LogP contribution in [0.1, 0.15) is 61.8 Å². The van der Waals surface area contributed by atoms with Crippen LogP contribution in [0.2, 0.25) is 0 Å². The number of amides is 2. The molecule has 1 aromatic heterocycles. The van der Waals surface area contributed by atoms with Gasteiger partial charge in [-0.15, -0.1) is 0 Å². The van der Waals surface area contributed by atoms with Crippen molar-refractivity contribution >= 4 is 39.2 Å². The van der Waals surface area contributed by atoms with Gasteiger partial charge in [0, 0.05) is 36.2 Å². The molecule has 0 aliphatic carbocycles. The molecule has 0 aliphatic rings. The molecule has 0 aliphatic heterocycles. The summed E-state index contributed by atoms with van der Waals surface area (Å²) < 4.78 is 80.6. The van der Waals surface area contributed by atoms with Gasteiger partial charge < -0.3 is 19.9 Å². The van der Waals surface area contributed by atoms with E-state index in [4.69, 9.17) is 4.74 Å². The Kier molecular flexibility index (Phi) is 11.9. The normalized spacial score (nSPS) is 12.3. The number of benzene rings is 3. The summed E-state index contributed by atoms with van der Waals surface area (Å²) in [4.78, 5) is 63.5. The molecule has 0 fully saturated rings. The first-order chi connectivity index (χ1) is 25.0. The zero-order valence-electron chi connectivity index (χ0n) is 30.8. The van der Waals surface area contributed by atoms with Crippen molar-refractivity contribution in [3.05, 3.63) is 115 Å². The largest absolute Gasteiger partial charge is 0.461 e.